The third-order valence-electron chi connectivity index (χ3n) is 2.23. The number of carboxylic acid groups (broad SMARTS) is 1. The van der Waals surface area contributed by atoms with Gasteiger partial charge in [-0.25, -0.2) is 4.79 Å². The molecule has 0 spiro atoms. The van der Waals surface area contributed by atoms with Crippen molar-refractivity contribution < 1.29 is 19.4 Å². The highest BCUT2D eigenvalue weighted by molar-refractivity contribution is 9.10. The van der Waals surface area contributed by atoms with Crippen LogP contribution in [0.2, 0.25) is 0 Å². The smallest absolute Gasteiger partial charge is 0.328 e. The minimum Gasteiger partial charge on any atom is -0.493 e. The SMILES string of the molecule is C/C=C/COc1c(Br)cc(/C=C/C(=O)O)cc1OC. The van der Waals surface area contributed by atoms with E-state index >= 15 is 0 Å². The van der Waals surface area contributed by atoms with Gasteiger partial charge in [-0.1, -0.05) is 12.2 Å². The summed E-state index contributed by atoms with van der Waals surface area (Å²) in [6, 6.07) is 3.49. The molecule has 19 heavy (non-hydrogen) atoms. The Bertz CT molecular complexity index is 506. The molecule has 0 atom stereocenters. The second-order valence-electron chi connectivity index (χ2n) is 3.59. The molecule has 0 aliphatic carbocycles. The van der Waals surface area contributed by atoms with Crippen LogP contribution in [0.4, 0.5) is 0 Å². The standard InChI is InChI=1S/C14H15BrO4/c1-3-4-7-19-14-11(15)8-10(5-6-13(16)17)9-12(14)18-2/h3-6,8-9H,7H2,1-2H3,(H,16,17)/b4-3+,6-5+. The van der Waals surface area contributed by atoms with Crippen LogP contribution in [-0.4, -0.2) is 24.8 Å². The molecule has 0 unspecified atom stereocenters. The Morgan fingerprint density at radius 2 is 2.21 bits per heavy atom. The number of hydrogen-bond donors (Lipinski definition) is 1. The minimum absolute atomic E-state index is 0.440. The second-order valence-corrected chi connectivity index (χ2v) is 4.44. The van der Waals surface area contributed by atoms with Crippen LogP contribution in [0.15, 0.2) is 34.8 Å². The van der Waals surface area contributed by atoms with Crippen molar-refractivity contribution in [3.63, 3.8) is 0 Å². The molecule has 0 radical (unpaired) electrons. The summed E-state index contributed by atoms with van der Waals surface area (Å²) in [4.78, 5) is 10.5. The van der Waals surface area contributed by atoms with Crippen LogP contribution >= 0.6 is 15.9 Å². The molecule has 0 saturated carbocycles. The van der Waals surface area contributed by atoms with E-state index in [2.05, 4.69) is 15.9 Å². The van der Waals surface area contributed by atoms with Crippen molar-refractivity contribution >= 4 is 28.0 Å². The molecule has 0 aromatic heterocycles. The van der Waals surface area contributed by atoms with E-state index in [1.54, 1.807) is 12.1 Å². The van der Waals surface area contributed by atoms with Gasteiger partial charge in [-0.15, -0.1) is 0 Å². The summed E-state index contributed by atoms with van der Waals surface area (Å²) in [5.41, 5.74) is 0.713. The molecule has 1 aromatic rings. The lowest BCUT2D eigenvalue weighted by Gasteiger charge is -2.12. The Labute approximate surface area is 120 Å². The van der Waals surface area contributed by atoms with Gasteiger partial charge in [0.1, 0.15) is 6.61 Å². The van der Waals surface area contributed by atoms with E-state index in [0.717, 1.165) is 6.08 Å². The van der Waals surface area contributed by atoms with Crippen LogP contribution < -0.4 is 9.47 Å². The van der Waals surface area contributed by atoms with E-state index in [1.807, 2.05) is 19.1 Å². The molecule has 4 nitrogen and oxygen atoms in total. The summed E-state index contributed by atoms with van der Waals surface area (Å²) in [5, 5.41) is 8.61. The number of halogens is 1. The molecular formula is C14H15BrO4. The van der Waals surface area contributed by atoms with Crippen LogP contribution in [0.1, 0.15) is 12.5 Å². The number of methoxy groups -OCH3 is 1. The molecule has 0 aliphatic rings. The van der Waals surface area contributed by atoms with Gasteiger partial charge in [-0.3, -0.25) is 0 Å². The number of ether oxygens (including phenoxy) is 2. The molecule has 1 N–H and O–H groups in total. The molecule has 1 rings (SSSR count). The predicted molar refractivity (Wildman–Crippen MR) is 77.7 cm³/mol. The molecule has 0 amide bonds. The van der Waals surface area contributed by atoms with Crippen LogP contribution in [0, 0.1) is 0 Å². The van der Waals surface area contributed by atoms with Gasteiger partial charge in [-0.2, -0.15) is 0 Å². The summed E-state index contributed by atoms with van der Waals surface area (Å²) in [6.45, 7) is 2.35. The van der Waals surface area contributed by atoms with Gasteiger partial charge in [0.15, 0.2) is 11.5 Å². The second kappa shape index (κ2) is 7.63. The number of carbonyl (C=O) groups is 1. The lowest BCUT2D eigenvalue weighted by molar-refractivity contribution is -0.131. The maximum atomic E-state index is 10.5. The number of aliphatic carboxylic acids is 1. The fourth-order valence-corrected chi connectivity index (χ4v) is 1.95. The van der Waals surface area contributed by atoms with Gasteiger partial charge in [0, 0.05) is 6.08 Å². The largest absolute Gasteiger partial charge is 0.493 e. The van der Waals surface area contributed by atoms with E-state index in [9.17, 15) is 4.79 Å². The maximum absolute atomic E-state index is 10.5. The normalized spacial score (nSPS) is 11.1. The number of rotatable bonds is 6. The van der Waals surface area contributed by atoms with Gasteiger partial charge in [0.05, 0.1) is 11.6 Å². The summed E-state index contributed by atoms with van der Waals surface area (Å²) in [6.07, 6.45) is 6.33. The molecule has 5 heteroatoms. The third kappa shape index (κ3) is 4.79. The molecular weight excluding hydrogens is 312 g/mol. The molecule has 1 aromatic carbocycles. The fraction of sp³-hybridized carbons (Fsp3) is 0.214. The van der Waals surface area contributed by atoms with Gasteiger partial charge < -0.3 is 14.6 Å². The Kier molecular flexibility index (Phi) is 6.15. The number of benzene rings is 1. The third-order valence-corrected chi connectivity index (χ3v) is 2.82. The highest BCUT2D eigenvalue weighted by Gasteiger charge is 2.10. The molecule has 0 fully saturated rings. The van der Waals surface area contributed by atoms with Crippen molar-refractivity contribution in [3.05, 3.63) is 40.4 Å². The van der Waals surface area contributed by atoms with Gasteiger partial charge in [0.2, 0.25) is 0 Å². The first-order chi connectivity index (χ1) is 9.08. The molecule has 0 bridgehead atoms. The maximum Gasteiger partial charge on any atom is 0.328 e. The van der Waals surface area contributed by atoms with Crippen molar-refractivity contribution in [2.75, 3.05) is 13.7 Å². The van der Waals surface area contributed by atoms with E-state index < -0.39 is 5.97 Å². The van der Waals surface area contributed by atoms with E-state index in [1.165, 1.54) is 13.2 Å². The fourth-order valence-electron chi connectivity index (χ4n) is 1.37. The molecule has 0 aliphatic heterocycles. The lowest BCUT2D eigenvalue weighted by Crippen LogP contribution is -1.98. The predicted octanol–water partition coefficient (Wildman–Crippen LogP) is 3.51. The zero-order valence-corrected chi connectivity index (χ0v) is 12.3. The highest BCUT2D eigenvalue weighted by Crippen LogP contribution is 2.37. The van der Waals surface area contributed by atoms with E-state index in [4.69, 9.17) is 14.6 Å². The summed E-state index contributed by atoms with van der Waals surface area (Å²) in [5.74, 6) is 0.139. The number of carboxylic acids is 1. The average molecular weight is 327 g/mol. The number of hydrogen-bond acceptors (Lipinski definition) is 3. The molecule has 102 valence electrons. The first-order valence-electron chi connectivity index (χ1n) is 5.61. The Morgan fingerprint density at radius 3 is 2.79 bits per heavy atom. The minimum atomic E-state index is -0.997. The zero-order chi connectivity index (χ0) is 14.3. The van der Waals surface area contributed by atoms with Crippen molar-refractivity contribution in [2.45, 2.75) is 6.92 Å². The van der Waals surface area contributed by atoms with Crippen LogP contribution in [0.3, 0.4) is 0 Å². The first kappa shape index (κ1) is 15.3. The van der Waals surface area contributed by atoms with E-state index in [0.29, 0.717) is 28.1 Å². The Morgan fingerprint density at radius 1 is 1.47 bits per heavy atom. The summed E-state index contributed by atoms with van der Waals surface area (Å²) in [7, 11) is 1.54. The van der Waals surface area contributed by atoms with Crippen molar-refractivity contribution in [2.24, 2.45) is 0 Å². The quantitative estimate of drug-likeness (QED) is 0.642. The topological polar surface area (TPSA) is 55.8 Å². The van der Waals surface area contributed by atoms with Crippen molar-refractivity contribution in [1.29, 1.82) is 0 Å². The van der Waals surface area contributed by atoms with Crippen molar-refractivity contribution in [3.8, 4) is 11.5 Å². The van der Waals surface area contributed by atoms with Gasteiger partial charge >= 0.3 is 5.97 Å². The first-order valence-corrected chi connectivity index (χ1v) is 6.40. The Balaban J connectivity index is 3.03. The summed E-state index contributed by atoms with van der Waals surface area (Å²) >= 11 is 3.39. The van der Waals surface area contributed by atoms with Gasteiger partial charge in [-0.05, 0) is 46.6 Å². The van der Waals surface area contributed by atoms with E-state index in [-0.39, 0.29) is 0 Å². The molecule has 0 heterocycles. The average Bonchev–Trinajstić information content (AvgIpc) is 2.38. The highest BCUT2D eigenvalue weighted by atomic mass is 79.9. The Hall–Kier alpha value is -1.75. The van der Waals surface area contributed by atoms with Gasteiger partial charge in [0.25, 0.3) is 0 Å². The van der Waals surface area contributed by atoms with Crippen LogP contribution in [0.25, 0.3) is 6.08 Å². The summed E-state index contributed by atoms with van der Waals surface area (Å²) < 4.78 is 11.5. The molecule has 0 saturated heterocycles. The zero-order valence-electron chi connectivity index (χ0n) is 10.7. The van der Waals surface area contributed by atoms with Crippen molar-refractivity contribution in [1.82, 2.24) is 0 Å². The number of allylic oxidation sites excluding steroid dienone is 1. The lowest BCUT2D eigenvalue weighted by atomic mass is 10.2. The van der Waals surface area contributed by atoms with Crippen LogP contribution in [-0.2, 0) is 4.79 Å². The monoisotopic (exact) mass is 326 g/mol. The van der Waals surface area contributed by atoms with Crippen LogP contribution in [0.5, 0.6) is 11.5 Å².